The molecule has 2 aromatic rings. The first-order chi connectivity index (χ1) is 11.4. The molecule has 25 heavy (non-hydrogen) atoms. The molecule has 5 nitrogen and oxygen atoms in total. The molecule has 2 rings (SSSR count). The monoisotopic (exact) mass is 383 g/mol. The number of hydrogen-bond donors (Lipinski definition) is 1. The van der Waals surface area contributed by atoms with Gasteiger partial charge in [0.25, 0.3) is 0 Å². The van der Waals surface area contributed by atoms with Crippen molar-refractivity contribution in [2.45, 2.75) is 36.3 Å². The van der Waals surface area contributed by atoms with Crippen LogP contribution in [0.25, 0.3) is 0 Å². The normalized spacial score (nSPS) is 12.2. The maximum absolute atomic E-state index is 13.3. The molecule has 0 saturated carbocycles. The number of Topliss-reactive ketones (excluding diaryl/α,β-unsaturated/α-hetero) is 1. The Hall–Kier alpha value is -2.06. The smallest absolute Gasteiger partial charge is 0.249 e. The molecule has 0 saturated heterocycles. The largest absolute Gasteiger partial charge is 0.366 e. The summed E-state index contributed by atoms with van der Waals surface area (Å²) in [6.07, 6.45) is -0.0922. The highest BCUT2D eigenvalue weighted by atomic mass is 32.2. The standard InChI is InChI=1S/C17H18FNO4S2/c1-17(2,3)14(20)9-13-12(16(19)21)8-15(24-13)25(22,23)11-6-4-5-10(18)7-11/h4-8H,9H2,1-3H3,(H2,19,21). The van der Waals surface area contributed by atoms with Crippen LogP contribution in [0.1, 0.15) is 36.0 Å². The number of amides is 1. The Balaban J connectivity index is 2.52. The van der Waals surface area contributed by atoms with Crippen LogP contribution in [-0.2, 0) is 21.1 Å². The molecule has 1 aromatic heterocycles. The van der Waals surface area contributed by atoms with Crippen LogP contribution in [0.2, 0.25) is 0 Å². The summed E-state index contributed by atoms with van der Waals surface area (Å²) in [6, 6.07) is 5.74. The van der Waals surface area contributed by atoms with Gasteiger partial charge in [-0.1, -0.05) is 26.8 Å². The molecular weight excluding hydrogens is 365 g/mol. The number of primary amides is 1. The van der Waals surface area contributed by atoms with E-state index < -0.39 is 27.0 Å². The van der Waals surface area contributed by atoms with Crippen molar-refractivity contribution in [3.05, 3.63) is 46.6 Å². The molecule has 0 aliphatic heterocycles. The highest BCUT2D eigenvalue weighted by Crippen LogP contribution is 2.33. The van der Waals surface area contributed by atoms with Gasteiger partial charge in [0, 0.05) is 16.7 Å². The van der Waals surface area contributed by atoms with E-state index in [-0.39, 0.29) is 26.9 Å². The lowest BCUT2D eigenvalue weighted by Crippen LogP contribution is -2.23. The van der Waals surface area contributed by atoms with Gasteiger partial charge in [0.05, 0.1) is 10.5 Å². The van der Waals surface area contributed by atoms with Crippen molar-refractivity contribution in [3.63, 3.8) is 0 Å². The lowest BCUT2D eigenvalue weighted by atomic mass is 9.88. The fraction of sp³-hybridized carbons (Fsp3) is 0.294. The minimum atomic E-state index is -4.01. The minimum absolute atomic E-state index is 0.00224. The average Bonchev–Trinajstić information content (AvgIpc) is 2.91. The number of benzene rings is 1. The maximum atomic E-state index is 13.3. The van der Waals surface area contributed by atoms with Gasteiger partial charge in [-0.2, -0.15) is 0 Å². The minimum Gasteiger partial charge on any atom is -0.366 e. The first-order valence-electron chi connectivity index (χ1n) is 7.39. The highest BCUT2D eigenvalue weighted by Gasteiger charge is 2.28. The number of carbonyl (C=O) groups excluding carboxylic acids is 2. The van der Waals surface area contributed by atoms with Crippen molar-refractivity contribution in [2.75, 3.05) is 0 Å². The van der Waals surface area contributed by atoms with Crippen molar-refractivity contribution >= 4 is 32.9 Å². The second-order valence-electron chi connectivity index (χ2n) is 6.58. The molecule has 0 radical (unpaired) electrons. The Bertz CT molecular complexity index is 940. The van der Waals surface area contributed by atoms with Gasteiger partial charge in [-0.05, 0) is 24.3 Å². The molecule has 8 heteroatoms. The van der Waals surface area contributed by atoms with Gasteiger partial charge in [0.2, 0.25) is 15.7 Å². The third-order valence-electron chi connectivity index (χ3n) is 3.58. The molecule has 1 amide bonds. The van der Waals surface area contributed by atoms with E-state index in [0.29, 0.717) is 4.88 Å². The number of hydrogen-bond acceptors (Lipinski definition) is 5. The number of halogens is 1. The molecule has 0 unspecified atom stereocenters. The predicted molar refractivity (Wildman–Crippen MR) is 92.9 cm³/mol. The third-order valence-corrected chi connectivity index (χ3v) is 6.94. The van der Waals surface area contributed by atoms with Crippen LogP contribution in [0, 0.1) is 11.2 Å². The van der Waals surface area contributed by atoms with Crippen LogP contribution < -0.4 is 5.73 Å². The number of ketones is 1. The van der Waals surface area contributed by atoms with Crippen molar-refractivity contribution < 1.29 is 22.4 Å². The Morgan fingerprint density at radius 2 is 1.84 bits per heavy atom. The summed E-state index contributed by atoms with van der Waals surface area (Å²) in [5.41, 5.74) is 4.68. The molecule has 0 spiro atoms. The Morgan fingerprint density at radius 1 is 1.20 bits per heavy atom. The summed E-state index contributed by atoms with van der Waals surface area (Å²) in [7, 11) is -4.01. The summed E-state index contributed by atoms with van der Waals surface area (Å²) in [6.45, 7) is 5.20. The van der Waals surface area contributed by atoms with Crippen molar-refractivity contribution in [2.24, 2.45) is 11.1 Å². The van der Waals surface area contributed by atoms with Gasteiger partial charge in [-0.3, -0.25) is 9.59 Å². The topological polar surface area (TPSA) is 94.3 Å². The average molecular weight is 383 g/mol. The van der Waals surface area contributed by atoms with Gasteiger partial charge in [0.1, 0.15) is 15.8 Å². The van der Waals surface area contributed by atoms with Gasteiger partial charge >= 0.3 is 0 Å². The summed E-state index contributed by atoms with van der Waals surface area (Å²) in [5, 5.41) is 0. The predicted octanol–water partition coefficient (Wildman–Crippen LogP) is 2.98. The lowest BCUT2D eigenvalue weighted by Gasteiger charge is -2.16. The van der Waals surface area contributed by atoms with Gasteiger partial charge in [-0.15, -0.1) is 11.3 Å². The zero-order valence-electron chi connectivity index (χ0n) is 14.0. The zero-order chi connectivity index (χ0) is 19.0. The summed E-state index contributed by atoms with van der Waals surface area (Å²) >= 11 is 0.808. The quantitative estimate of drug-likeness (QED) is 0.859. The fourth-order valence-corrected chi connectivity index (χ4v) is 4.99. The van der Waals surface area contributed by atoms with Gasteiger partial charge in [0.15, 0.2) is 0 Å². The van der Waals surface area contributed by atoms with E-state index in [1.807, 2.05) is 0 Å². The third kappa shape index (κ3) is 4.13. The fourth-order valence-electron chi connectivity index (χ4n) is 2.04. The molecule has 1 aromatic carbocycles. The van der Waals surface area contributed by atoms with Crippen molar-refractivity contribution in [3.8, 4) is 0 Å². The second kappa shape index (κ2) is 6.68. The Morgan fingerprint density at radius 3 is 2.36 bits per heavy atom. The second-order valence-corrected chi connectivity index (χ2v) is 9.89. The van der Waals surface area contributed by atoms with Crippen LogP contribution in [-0.4, -0.2) is 20.1 Å². The summed E-state index contributed by atoms with van der Waals surface area (Å²) < 4.78 is 38.5. The SMILES string of the molecule is CC(C)(C)C(=O)Cc1sc(S(=O)(=O)c2cccc(F)c2)cc1C(N)=O. The summed E-state index contributed by atoms with van der Waals surface area (Å²) in [4.78, 5) is 24.0. The molecule has 0 atom stereocenters. The Kier molecular flexibility index (Phi) is 5.15. The van der Waals surface area contributed by atoms with Crippen LogP contribution >= 0.6 is 11.3 Å². The Labute approximate surface area is 149 Å². The molecule has 0 aliphatic carbocycles. The van der Waals surface area contributed by atoms with Crippen LogP contribution in [0.15, 0.2) is 39.4 Å². The number of carbonyl (C=O) groups is 2. The molecule has 1 heterocycles. The van der Waals surface area contributed by atoms with Crippen molar-refractivity contribution in [1.82, 2.24) is 0 Å². The zero-order valence-corrected chi connectivity index (χ0v) is 15.6. The lowest BCUT2D eigenvalue weighted by molar-refractivity contribution is -0.125. The molecular formula is C17H18FNO4S2. The molecule has 134 valence electrons. The van der Waals surface area contributed by atoms with E-state index >= 15 is 0 Å². The van der Waals surface area contributed by atoms with E-state index in [1.165, 1.54) is 12.1 Å². The molecule has 0 fully saturated rings. The van der Waals surface area contributed by atoms with Crippen LogP contribution in [0.5, 0.6) is 0 Å². The number of thiophene rings is 1. The van der Waals surface area contributed by atoms with E-state index in [1.54, 1.807) is 20.8 Å². The van der Waals surface area contributed by atoms with E-state index in [0.717, 1.165) is 29.5 Å². The van der Waals surface area contributed by atoms with Gasteiger partial charge < -0.3 is 5.73 Å². The molecule has 0 aliphatic rings. The van der Waals surface area contributed by atoms with Gasteiger partial charge in [-0.25, -0.2) is 12.8 Å². The van der Waals surface area contributed by atoms with E-state index in [9.17, 15) is 22.4 Å². The first kappa shape index (κ1) is 19.3. The molecule has 2 N–H and O–H groups in total. The van der Waals surface area contributed by atoms with Crippen molar-refractivity contribution in [1.29, 1.82) is 0 Å². The summed E-state index contributed by atoms with van der Waals surface area (Å²) in [5.74, 6) is -1.64. The molecule has 0 bridgehead atoms. The number of nitrogens with two attached hydrogens (primary N) is 1. The number of rotatable bonds is 5. The maximum Gasteiger partial charge on any atom is 0.249 e. The number of sulfone groups is 1. The van der Waals surface area contributed by atoms with E-state index in [2.05, 4.69) is 0 Å². The highest BCUT2D eigenvalue weighted by molar-refractivity contribution is 7.93. The van der Waals surface area contributed by atoms with E-state index in [4.69, 9.17) is 5.73 Å². The van der Waals surface area contributed by atoms with Crippen LogP contribution in [0.3, 0.4) is 0 Å². The first-order valence-corrected chi connectivity index (χ1v) is 9.69. The van der Waals surface area contributed by atoms with Crippen LogP contribution in [0.4, 0.5) is 4.39 Å².